The van der Waals surface area contributed by atoms with Gasteiger partial charge in [0, 0.05) is 4.75 Å². The fraction of sp³-hybridized carbons (Fsp3) is 1.00. The molecule has 1 radical (unpaired) electrons. The second-order valence-corrected chi connectivity index (χ2v) is 4.73. The van der Waals surface area contributed by atoms with Crippen molar-refractivity contribution in [3.8, 4) is 0 Å². The minimum Gasteiger partial charge on any atom is -0.222 e. The van der Waals surface area contributed by atoms with E-state index in [0.717, 1.165) is 12.8 Å². The van der Waals surface area contributed by atoms with Gasteiger partial charge >= 0.3 is 0 Å². The first-order valence-electron chi connectivity index (χ1n) is 3.87. The smallest absolute Gasteiger partial charge is 0.136 e. The van der Waals surface area contributed by atoms with Gasteiger partial charge in [0.2, 0.25) is 0 Å². The van der Waals surface area contributed by atoms with Crippen molar-refractivity contribution in [2.75, 3.05) is 0 Å². The summed E-state index contributed by atoms with van der Waals surface area (Å²) in [4.78, 5) is 0. The average molecular weight is 161 g/mol. The largest absolute Gasteiger partial charge is 0.222 e. The van der Waals surface area contributed by atoms with Crippen LogP contribution in [0.5, 0.6) is 0 Å². The van der Waals surface area contributed by atoms with E-state index in [9.17, 15) is 5.11 Å². The van der Waals surface area contributed by atoms with Crippen molar-refractivity contribution in [3.05, 3.63) is 0 Å². The van der Waals surface area contributed by atoms with Crippen LogP contribution in [0.25, 0.3) is 0 Å². The van der Waals surface area contributed by atoms with Crippen molar-refractivity contribution in [3.63, 3.8) is 0 Å². The maximum absolute atomic E-state index is 10.8. The van der Waals surface area contributed by atoms with E-state index in [1.54, 1.807) is 18.7 Å². The van der Waals surface area contributed by atoms with E-state index in [-0.39, 0.29) is 4.75 Å². The van der Waals surface area contributed by atoms with Crippen LogP contribution in [0.3, 0.4) is 0 Å². The molecule has 1 unspecified atom stereocenters. The molecule has 0 aromatic rings. The molecule has 2 heteroatoms. The molecular formula is C8H17OS. The van der Waals surface area contributed by atoms with Crippen LogP contribution in [0.4, 0.5) is 0 Å². The Labute approximate surface area is 68.2 Å². The van der Waals surface area contributed by atoms with Crippen LogP contribution in [0.15, 0.2) is 0 Å². The van der Waals surface area contributed by atoms with Gasteiger partial charge in [-0.05, 0) is 19.8 Å². The van der Waals surface area contributed by atoms with Crippen LogP contribution in [0.2, 0.25) is 0 Å². The summed E-state index contributed by atoms with van der Waals surface area (Å²) in [5.74, 6) is 0. The standard InChI is InChI=1S/C8H17OS/c1-5-8(4,6-2)10-7(3)9/h7H,5-6H2,1-4H3. The van der Waals surface area contributed by atoms with Crippen molar-refractivity contribution >= 4 is 11.8 Å². The molecule has 0 N–H and O–H groups in total. The van der Waals surface area contributed by atoms with Gasteiger partial charge in [-0.3, -0.25) is 0 Å². The summed E-state index contributed by atoms with van der Waals surface area (Å²) >= 11 is 1.55. The van der Waals surface area contributed by atoms with Crippen molar-refractivity contribution < 1.29 is 5.11 Å². The first-order valence-corrected chi connectivity index (χ1v) is 4.75. The van der Waals surface area contributed by atoms with Crippen molar-refractivity contribution in [2.45, 2.75) is 50.7 Å². The molecule has 0 aromatic heterocycles. The Morgan fingerprint density at radius 1 is 1.40 bits per heavy atom. The molecule has 0 aliphatic carbocycles. The molecule has 1 atom stereocenters. The Hall–Kier alpha value is 0.310. The first kappa shape index (κ1) is 10.3. The van der Waals surface area contributed by atoms with Crippen LogP contribution in [0, 0.1) is 0 Å². The zero-order valence-electron chi connectivity index (χ0n) is 7.31. The fourth-order valence-corrected chi connectivity index (χ4v) is 1.95. The summed E-state index contributed by atoms with van der Waals surface area (Å²) in [7, 11) is 0. The van der Waals surface area contributed by atoms with E-state index in [0.29, 0.717) is 0 Å². The van der Waals surface area contributed by atoms with Gasteiger partial charge in [0.15, 0.2) is 0 Å². The molecule has 0 spiro atoms. The minimum atomic E-state index is -0.482. The van der Waals surface area contributed by atoms with Crippen molar-refractivity contribution in [2.24, 2.45) is 0 Å². The molecular weight excluding hydrogens is 144 g/mol. The van der Waals surface area contributed by atoms with Gasteiger partial charge in [-0.15, -0.1) is 11.8 Å². The lowest BCUT2D eigenvalue weighted by Crippen LogP contribution is -2.20. The Balaban J connectivity index is 3.80. The third-order valence-electron chi connectivity index (χ3n) is 1.95. The van der Waals surface area contributed by atoms with Crippen LogP contribution in [-0.2, 0) is 5.11 Å². The average Bonchev–Trinajstić information content (AvgIpc) is 1.87. The van der Waals surface area contributed by atoms with Gasteiger partial charge in [0.25, 0.3) is 0 Å². The van der Waals surface area contributed by atoms with Crippen molar-refractivity contribution in [1.82, 2.24) is 0 Å². The van der Waals surface area contributed by atoms with E-state index in [1.807, 2.05) is 0 Å². The molecule has 0 aliphatic rings. The first-order chi connectivity index (χ1) is 4.54. The number of hydrogen-bond donors (Lipinski definition) is 0. The SMILES string of the molecule is CCC(C)(CC)SC(C)[O]. The lowest BCUT2D eigenvalue weighted by molar-refractivity contribution is 0.179. The highest BCUT2D eigenvalue weighted by molar-refractivity contribution is 8.01. The van der Waals surface area contributed by atoms with E-state index in [4.69, 9.17) is 0 Å². The molecule has 0 amide bonds. The van der Waals surface area contributed by atoms with E-state index in [1.165, 1.54) is 0 Å². The van der Waals surface area contributed by atoms with Crippen LogP contribution < -0.4 is 0 Å². The van der Waals surface area contributed by atoms with Gasteiger partial charge < -0.3 is 0 Å². The summed E-state index contributed by atoms with van der Waals surface area (Å²) in [5, 5.41) is 10.8. The summed E-state index contributed by atoms with van der Waals surface area (Å²) in [6, 6.07) is 0. The van der Waals surface area contributed by atoms with E-state index >= 15 is 0 Å². The summed E-state index contributed by atoms with van der Waals surface area (Å²) in [6.45, 7) is 8.15. The minimum absolute atomic E-state index is 0.209. The maximum atomic E-state index is 10.8. The number of hydrogen-bond acceptors (Lipinski definition) is 1. The lowest BCUT2D eigenvalue weighted by Gasteiger charge is -2.26. The van der Waals surface area contributed by atoms with Gasteiger partial charge in [-0.2, -0.15) is 0 Å². The molecule has 0 saturated carbocycles. The highest BCUT2D eigenvalue weighted by Crippen LogP contribution is 2.34. The second-order valence-electron chi connectivity index (χ2n) is 2.84. The normalized spacial score (nSPS) is 15.3. The quantitative estimate of drug-likeness (QED) is 0.580. The monoisotopic (exact) mass is 161 g/mol. The Kier molecular flexibility index (Phi) is 4.37. The molecule has 0 saturated heterocycles. The van der Waals surface area contributed by atoms with E-state index < -0.39 is 5.44 Å². The molecule has 1 nitrogen and oxygen atoms in total. The third kappa shape index (κ3) is 3.47. The molecule has 0 fully saturated rings. The number of rotatable bonds is 4. The number of thioether (sulfide) groups is 1. The Bertz CT molecular complexity index is 87.3. The maximum Gasteiger partial charge on any atom is 0.136 e. The molecule has 0 aromatic carbocycles. The zero-order valence-corrected chi connectivity index (χ0v) is 8.12. The Morgan fingerprint density at radius 3 is 1.90 bits per heavy atom. The van der Waals surface area contributed by atoms with Gasteiger partial charge in [-0.1, -0.05) is 20.8 Å². The summed E-state index contributed by atoms with van der Waals surface area (Å²) in [6.07, 6.45) is 2.17. The third-order valence-corrected chi connectivity index (χ3v) is 3.42. The molecule has 0 rings (SSSR count). The fourth-order valence-electron chi connectivity index (χ4n) is 0.817. The summed E-state index contributed by atoms with van der Waals surface area (Å²) < 4.78 is 0.209. The highest BCUT2D eigenvalue weighted by Gasteiger charge is 2.22. The molecule has 0 aliphatic heterocycles. The zero-order chi connectivity index (χ0) is 8.20. The van der Waals surface area contributed by atoms with Crippen LogP contribution in [-0.4, -0.2) is 10.2 Å². The summed E-state index contributed by atoms with van der Waals surface area (Å²) in [5.41, 5.74) is -0.482. The predicted molar refractivity (Wildman–Crippen MR) is 46.7 cm³/mol. The molecule has 61 valence electrons. The lowest BCUT2D eigenvalue weighted by atomic mass is 10.1. The highest BCUT2D eigenvalue weighted by atomic mass is 32.2. The topological polar surface area (TPSA) is 19.9 Å². The van der Waals surface area contributed by atoms with E-state index in [2.05, 4.69) is 20.8 Å². The second kappa shape index (κ2) is 4.24. The Morgan fingerprint density at radius 2 is 1.80 bits per heavy atom. The molecule has 10 heavy (non-hydrogen) atoms. The van der Waals surface area contributed by atoms with Gasteiger partial charge in [-0.25, -0.2) is 5.11 Å². The van der Waals surface area contributed by atoms with Gasteiger partial charge in [0.1, 0.15) is 5.44 Å². The molecule has 0 heterocycles. The van der Waals surface area contributed by atoms with Gasteiger partial charge in [0.05, 0.1) is 0 Å². The molecule has 0 bridgehead atoms. The van der Waals surface area contributed by atoms with Crippen molar-refractivity contribution in [1.29, 1.82) is 0 Å². The van der Waals surface area contributed by atoms with Crippen LogP contribution in [0.1, 0.15) is 40.5 Å². The van der Waals surface area contributed by atoms with Crippen LogP contribution >= 0.6 is 11.8 Å². The predicted octanol–water partition coefficient (Wildman–Crippen LogP) is 3.07.